The monoisotopic (exact) mass is 302 g/mol. The molecule has 0 radical (unpaired) electrons. The van der Waals surface area contributed by atoms with E-state index in [1.807, 2.05) is 12.1 Å². The molecule has 118 valence electrons. The van der Waals surface area contributed by atoms with Gasteiger partial charge in [0.1, 0.15) is 11.5 Å². The minimum absolute atomic E-state index is 0.334. The molecule has 2 rings (SSSR count). The van der Waals surface area contributed by atoms with Gasteiger partial charge in [-0.2, -0.15) is 0 Å². The van der Waals surface area contributed by atoms with Crippen LogP contribution in [0.2, 0.25) is 0 Å². The Morgan fingerprint density at radius 1 is 1.27 bits per heavy atom. The number of carbonyl (C=O) groups excluding carboxylic acids is 1. The molecule has 1 unspecified atom stereocenters. The maximum absolute atomic E-state index is 11.8. The Hall–Kier alpha value is -2.23. The lowest BCUT2D eigenvalue weighted by atomic mass is 9.95. The molecule has 1 aromatic rings. The van der Waals surface area contributed by atoms with Gasteiger partial charge in [-0.25, -0.2) is 4.79 Å². The van der Waals surface area contributed by atoms with Gasteiger partial charge in [0, 0.05) is 11.6 Å². The van der Waals surface area contributed by atoms with Crippen molar-refractivity contribution in [3.63, 3.8) is 0 Å². The van der Waals surface area contributed by atoms with E-state index in [0.29, 0.717) is 24.0 Å². The molecule has 0 N–H and O–H groups in total. The lowest BCUT2D eigenvalue weighted by Crippen LogP contribution is -2.13. The second-order valence-corrected chi connectivity index (χ2v) is 5.22. The van der Waals surface area contributed by atoms with E-state index < -0.39 is 0 Å². The van der Waals surface area contributed by atoms with Crippen LogP contribution in [0.3, 0.4) is 0 Å². The highest BCUT2D eigenvalue weighted by Gasteiger charge is 2.11. The number of hydrogen-bond donors (Lipinski definition) is 0. The van der Waals surface area contributed by atoms with Gasteiger partial charge < -0.3 is 14.2 Å². The first-order chi connectivity index (χ1) is 10.7. The second-order valence-electron chi connectivity index (χ2n) is 5.22. The Morgan fingerprint density at radius 2 is 2.14 bits per heavy atom. The predicted molar refractivity (Wildman–Crippen MR) is 86.0 cm³/mol. The quantitative estimate of drug-likeness (QED) is 0.457. The average Bonchev–Trinajstić information content (AvgIpc) is 2.58. The third-order valence-corrected chi connectivity index (χ3v) is 3.67. The van der Waals surface area contributed by atoms with E-state index in [-0.39, 0.29) is 5.97 Å². The largest absolute Gasteiger partial charge is 0.497 e. The topological polar surface area (TPSA) is 44.8 Å². The molecular formula is C18H22O4. The fraction of sp³-hybridized carbons (Fsp3) is 0.389. The first-order valence-corrected chi connectivity index (χ1v) is 7.44. The molecule has 1 aromatic carbocycles. The van der Waals surface area contributed by atoms with Gasteiger partial charge in [0.25, 0.3) is 0 Å². The van der Waals surface area contributed by atoms with Crippen LogP contribution in [0, 0.1) is 5.92 Å². The van der Waals surface area contributed by atoms with Crippen LogP contribution < -0.4 is 9.47 Å². The molecular weight excluding hydrogens is 280 g/mol. The maximum Gasteiger partial charge on any atom is 0.330 e. The van der Waals surface area contributed by atoms with Crippen LogP contribution in [0.4, 0.5) is 0 Å². The highest BCUT2D eigenvalue weighted by atomic mass is 16.5. The summed E-state index contributed by atoms with van der Waals surface area (Å²) in [6.07, 6.45) is 10.6. The van der Waals surface area contributed by atoms with Gasteiger partial charge in [0.2, 0.25) is 0 Å². The van der Waals surface area contributed by atoms with Crippen LogP contribution in [0.25, 0.3) is 6.08 Å². The summed E-state index contributed by atoms with van der Waals surface area (Å²) in [6.45, 7) is 0.475. The zero-order chi connectivity index (χ0) is 15.8. The Labute approximate surface area is 131 Å². The third-order valence-electron chi connectivity index (χ3n) is 3.67. The van der Waals surface area contributed by atoms with E-state index in [2.05, 4.69) is 12.2 Å². The van der Waals surface area contributed by atoms with Crippen molar-refractivity contribution in [1.29, 1.82) is 0 Å². The first-order valence-electron chi connectivity index (χ1n) is 7.44. The Balaban J connectivity index is 1.92. The van der Waals surface area contributed by atoms with Crippen molar-refractivity contribution in [2.45, 2.75) is 19.3 Å². The number of benzene rings is 1. The van der Waals surface area contributed by atoms with Crippen molar-refractivity contribution in [2.75, 3.05) is 20.8 Å². The van der Waals surface area contributed by atoms with Crippen molar-refractivity contribution in [3.8, 4) is 11.5 Å². The van der Waals surface area contributed by atoms with Crippen LogP contribution in [0.5, 0.6) is 11.5 Å². The van der Waals surface area contributed by atoms with Crippen molar-refractivity contribution in [3.05, 3.63) is 42.0 Å². The molecule has 0 bridgehead atoms. The summed E-state index contributed by atoms with van der Waals surface area (Å²) < 4.78 is 15.7. The molecule has 0 aliphatic heterocycles. The lowest BCUT2D eigenvalue weighted by molar-refractivity contribution is -0.139. The molecule has 0 amide bonds. The molecule has 4 nitrogen and oxygen atoms in total. The lowest BCUT2D eigenvalue weighted by Gasteiger charge is -2.16. The summed E-state index contributed by atoms with van der Waals surface area (Å²) in [5.74, 6) is 1.50. The van der Waals surface area contributed by atoms with Gasteiger partial charge in [0.05, 0.1) is 20.8 Å². The zero-order valence-corrected chi connectivity index (χ0v) is 13.1. The van der Waals surface area contributed by atoms with Gasteiger partial charge >= 0.3 is 5.97 Å². The number of esters is 1. The van der Waals surface area contributed by atoms with Gasteiger partial charge in [-0.1, -0.05) is 12.2 Å². The molecule has 1 aliphatic rings. The van der Waals surface area contributed by atoms with Crippen LogP contribution in [0.15, 0.2) is 36.4 Å². The molecule has 0 saturated heterocycles. The summed E-state index contributed by atoms with van der Waals surface area (Å²) in [5, 5.41) is 0. The fourth-order valence-electron chi connectivity index (χ4n) is 2.38. The van der Waals surface area contributed by atoms with Crippen molar-refractivity contribution >= 4 is 12.0 Å². The van der Waals surface area contributed by atoms with Gasteiger partial charge in [-0.15, -0.1) is 0 Å². The predicted octanol–water partition coefficient (Wildman–Crippen LogP) is 3.62. The van der Waals surface area contributed by atoms with Crippen molar-refractivity contribution in [1.82, 2.24) is 0 Å². The van der Waals surface area contributed by atoms with E-state index in [1.54, 1.807) is 26.4 Å². The van der Waals surface area contributed by atoms with E-state index in [9.17, 15) is 4.79 Å². The number of rotatable bonds is 6. The van der Waals surface area contributed by atoms with Crippen LogP contribution in [-0.2, 0) is 9.53 Å². The molecule has 22 heavy (non-hydrogen) atoms. The molecule has 4 heteroatoms. The van der Waals surface area contributed by atoms with E-state index in [1.165, 1.54) is 6.08 Å². The second kappa shape index (κ2) is 8.27. The smallest absolute Gasteiger partial charge is 0.330 e. The Bertz CT molecular complexity index is 560. The van der Waals surface area contributed by atoms with Crippen LogP contribution in [-0.4, -0.2) is 26.8 Å². The Kier molecular flexibility index (Phi) is 6.07. The van der Waals surface area contributed by atoms with Crippen LogP contribution in [0.1, 0.15) is 24.8 Å². The molecule has 1 aliphatic carbocycles. The molecule has 0 spiro atoms. The van der Waals surface area contributed by atoms with E-state index in [4.69, 9.17) is 14.2 Å². The van der Waals surface area contributed by atoms with Crippen molar-refractivity contribution in [2.24, 2.45) is 5.92 Å². The number of ether oxygens (including phenoxy) is 3. The summed E-state index contributed by atoms with van der Waals surface area (Å²) in [4.78, 5) is 11.8. The molecule has 0 aromatic heterocycles. The van der Waals surface area contributed by atoms with E-state index >= 15 is 0 Å². The van der Waals surface area contributed by atoms with Crippen LogP contribution >= 0.6 is 0 Å². The number of allylic oxidation sites excluding steroid dienone is 2. The zero-order valence-electron chi connectivity index (χ0n) is 13.1. The minimum atomic E-state index is -0.334. The summed E-state index contributed by atoms with van der Waals surface area (Å²) in [7, 11) is 3.19. The van der Waals surface area contributed by atoms with Gasteiger partial charge in [-0.3, -0.25) is 0 Å². The standard InChI is InChI=1S/C18H22O4/c1-20-16-9-10-17(21-2)15(12-16)8-11-18(19)22-13-14-6-4-3-5-7-14/h3-4,8-12,14H,5-7,13H2,1-2H3/b11-8+. The van der Waals surface area contributed by atoms with E-state index in [0.717, 1.165) is 24.8 Å². The first kappa shape index (κ1) is 16.1. The van der Waals surface area contributed by atoms with Gasteiger partial charge in [-0.05, 0) is 49.5 Å². The highest BCUT2D eigenvalue weighted by molar-refractivity contribution is 5.87. The molecule has 0 saturated carbocycles. The molecule has 0 fully saturated rings. The number of hydrogen-bond acceptors (Lipinski definition) is 4. The Morgan fingerprint density at radius 3 is 2.82 bits per heavy atom. The summed E-state index contributed by atoms with van der Waals surface area (Å²) >= 11 is 0. The molecule has 1 atom stereocenters. The summed E-state index contributed by atoms with van der Waals surface area (Å²) in [5.41, 5.74) is 0.777. The molecule has 0 heterocycles. The minimum Gasteiger partial charge on any atom is -0.497 e. The third kappa shape index (κ3) is 4.65. The number of methoxy groups -OCH3 is 2. The highest BCUT2D eigenvalue weighted by Crippen LogP contribution is 2.25. The fourth-order valence-corrected chi connectivity index (χ4v) is 2.38. The van der Waals surface area contributed by atoms with Crippen molar-refractivity contribution < 1.29 is 19.0 Å². The van der Waals surface area contributed by atoms with Gasteiger partial charge in [0.15, 0.2) is 0 Å². The maximum atomic E-state index is 11.8. The normalized spacial score (nSPS) is 17.5. The average molecular weight is 302 g/mol. The SMILES string of the molecule is COc1ccc(OC)c(/C=C/C(=O)OCC2CC=CCC2)c1. The number of carbonyl (C=O) groups is 1. The summed E-state index contributed by atoms with van der Waals surface area (Å²) in [6, 6.07) is 5.43.